The van der Waals surface area contributed by atoms with Crippen LogP contribution in [0.15, 0.2) is 0 Å². The highest BCUT2D eigenvalue weighted by Crippen LogP contribution is 2.17. The quantitative estimate of drug-likeness (QED) is 0.720. The maximum absolute atomic E-state index is 11.9. The van der Waals surface area contributed by atoms with Crippen LogP contribution in [0.4, 0.5) is 0 Å². The fourth-order valence-electron chi connectivity index (χ4n) is 1.23. The number of amides is 2. The summed E-state index contributed by atoms with van der Waals surface area (Å²) in [4.78, 5) is 24.1. The van der Waals surface area contributed by atoms with Crippen LogP contribution in [0.3, 0.4) is 0 Å². The number of nitrogens with zero attached hydrogens (tertiary/aromatic N) is 2. The number of carbonyl (C=O) groups is 2. The van der Waals surface area contributed by atoms with Crippen molar-refractivity contribution in [2.75, 3.05) is 13.1 Å². The van der Waals surface area contributed by atoms with E-state index >= 15 is 0 Å². The lowest BCUT2D eigenvalue weighted by atomic mass is 9.93. The summed E-state index contributed by atoms with van der Waals surface area (Å²) in [5.41, 5.74) is 3.96. The highest BCUT2D eigenvalue weighted by molar-refractivity contribution is 5.88. The molecule has 0 aliphatic heterocycles. The minimum absolute atomic E-state index is 0.121. The van der Waals surface area contributed by atoms with Gasteiger partial charge in [-0.05, 0) is 20.3 Å². The van der Waals surface area contributed by atoms with Gasteiger partial charge in [-0.25, -0.2) is 0 Å². The van der Waals surface area contributed by atoms with Crippen LogP contribution in [0.2, 0.25) is 0 Å². The predicted molar refractivity (Wildman–Crippen MR) is 60.1 cm³/mol. The second-order valence-electron chi connectivity index (χ2n) is 4.28. The summed E-state index contributed by atoms with van der Waals surface area (Å²) in [6, 6.07) is 1.93. The van der Waals surface area contributed by atoms with Crippen molar-refractivity contribution in [1.29, 1.82) is 5.26 Å². The van der Waals surface area contributed by atoms with Gasteiger partial charge in [-0.3, -0.25) is 9.59 Å². The molecule has 0 saturated carbocycles. The molecule has 0 aromatic heterocycles. The van der Waals surface area contributed by atoms with Crippen molar-refractivity contribution in [3.8, 4) is 6.07 Å². The highest BCUT2D eigenvalue weighted by atomic mass is 16.2. The van der Waals surface area contributed by atoms with E-state index in [2.05, 4.69) is 0 Å². The molecule has 90 valence electrons. The zero-order valence-electron chi connectivity index (χ0n) is 10.1. The highest BCUT2D eigenvalue weighted by Gasteiger charge is 2.32. The molecule has 0 fully saturated rings. The van der Waals surface area contributed by atoms with Crippen molar-refractivity contribution in [2.45, 2.75) is 33.6 Å². The average Bonchev–Trinajstić information content (AvgIpc) is 2.22. The van der Waals surface area contributed by atoms with Gasteiger partial charge < -0.3 is 10.6 Å². The predicted octanol–water partition coefficient (Wildman–Crippen LogP) is 0.650. The summed E-state index contributed by atoms with van der Waals surface area (Å²) >= 11 is 0. The van der Waals surface area contributed by atoms with Crippen molar-refractivity contribution in [1.82, 2.24) is 4.90 Å². The fraction of sp³-hybridized carbons (Fsp3) is 0.727. The lowest BCUT2D eigenvalue weighted by molar-refractivity contribution is -0.140. The molecule has 0 spiro atoms. The van der Waals surface area contributed by atoms with Gasteiger partial charge in [0.05, 0.1) is 12.6 Å². The SMILES string of the molecule is CCCCN(CC(N)=O)C(=O)C(C)(C)C#N. The van der Waals surface area contributed by atoms with E-state index in [0.29, 0.717) is 6.54 Å². The summed E-state index contributed by atoms with van der Waals surface area (Å²) in [5, 5.41) is 8.86. The van der Waals surface area contributed by atoms with Gasteiger partial charge in [-0.2, -0.15) is 5.26 Å². The maximum atomic E-state index is 11.9. The van der Waals surface area contributed by atoms with E-state index in [1.807, 2.05) is 13.0 Å². The number of hydrogen-bond donors (Lipinski definition) is 1. The molecular weight excluding hydrogens is 206 g/mol. The second kappa shape index (κ2) is 6.11. The molecule has 2 amide bonds. The third kappa shape index (κ3) is 4.30. The van der Waals surface area contributed by atoms with Crippen LogP contribution in [0.1, 0.15) is 33.6 Å². The molecular formula is C11H19N3O2. The van der Waals surface area contributed by atoms with E-state index in [1.165, 1.54) is 18.7 Å². The number of nitriles is 1. The number of hydrogen-bond acceptors (Lipinski definition) is 3. The molecule has 0 saturated heterocycles. The van der Waals surface area contributed by atoms with Gasteiger partial charge in [0.25, 0.3) is 0 Å². The van der Waals surface area contributed by atoms with Gasteiger partial charge in [0.1, 0.15) is 5.41 Å². The molecule has 0 unspecified atom stereocenters. The second-order valence-corrected chi connectivity index (χ2v) is 4.28. The monoisotopic (exact) mass is 225 g/mol. The lowest BCUT2D eigenvalue weighted by Gasteiger charge is -2.26. The van der Waals surface area contributed by atoms with E-state index in [9.17, 15) is 9.59 Å². The number of primary amides is 1. The molecule has 0 aromatic carbocycles. The summed E-state index contributed by atoms with van der Waals surface area (Å²) in [6.07, 6.45) is 1.70. The molecule has 0 atom stereocenters. The van der Waals surface area contributed by atoms with Gasteiger partial charge in [-0.1, -0.05) is 13.3 Å². The largest absolute Gasteiger partial charge is 0.368 e. The lowest BCUT2D eigenvalue weighted by Crippen LogP contribution is -2.45. The Bertz CT molecular complexity index is 305. The van der Waals surface area contributed by atoms with Gasteiger partial charge in [0, 0.05) is 6.54 Å². The van der Waals surface area contributed by atoms with Crippen molar-refractivity contribution in [3.63, 3.8) is 0 Å². The summed E-state index contributed by atoms with van der Waals surface area (Å²) in [6.45, 7) is 5.40. The summed E-state index contributed by atoms with van der Waals surface area (Å²) < 4.78 is 0. The number of carbonyl (C=O) groups excluding carboxylic acids is 2. The van der Waals surface area contributed by atoms with E-state index in [-0.39, 0.29) is 12.5 Å². The zero-order chi connectivity index (χ0) is 12.8. The summed E-state index contributed by atoms with van der Waals surface area (Å²) in [5.74, 6) is -0.902. The summed E-state index contributed by atoms with van der Waals surface area (Å²) in [7, 11) is 0. The smallest absolute Gasteiger partial charge is 0.242 e. The molecule has 0 aliphatic rings. The van der Waals surface area contributed by atoms with Gasteiger partial charge in [0.2, 0.25) is 11.8 Å². The van der Waals surface area contributed by atoms with Crippen LogP contribution in [0, 0.1) is 16.7 Å². The number of unbranched alkanes of at least 4 members (excludes halogenated alkanes) is 1. The van der Waals surface area contributed by atoms with Crippen molar-refractivity contribution >= 4 is 11.8 Å². The number of nitrogens with two attached hydrogens (primary N) is 1. The molecule has 2 N–H and O–H groups in total. The minimum Gasteiger partial charge on any atom is -0.368 e. The third-order valence-corrected chi connectivity index (χ3v) is 2.23. The molecule has 0 aliphatic carbocycles. The maximum Gasteiger partial charge on any atom is 0.242 e. The normalized spacial score (nSPS) is 10.6. The Morgan fingerprint density at radius 1 is 1.44 bits per heavy atom. The van der Waals surface area contributed by atoms with Crippen LogP contribution in [-0.2, 0) is 9.59 Å². The first-order valence-corrected chi connectivity index (χ1v) is 5.34. The van der Waals surface area contributed by atoms with Gasteiger partial charge in [0.15, 0.2) is 0 Å². The standard InChI is InChI=1S/C11H19N3O2/c1-4-5-6-14(7-9(13)15)10(16)11(2,3)8-12/h4-7H2,1-3H3,(H2,13,15). The van der Waals surface area contributed by atoms with Crippen molar-refractivity contribution in [3.05, 3.63) is 0 Å². The Labute approximate surface area is 96.2 Å². The molecule has 5 nitrogen and oxygen atoms in total. The first kappa shape index (κ1) is 14.4. The Kier molecular flexibility index (Phi) is 5.51. The van der Waals surface area contributed by atoms with Crippen LogP contribution in [0.25, 0.3) is 0 Å². The Morgan fingerprint density at radius 3 is 2.38 bits per heavy atom. The van der Waals surface area contributed by atoms with Crippen molar-refractivity contribution in [2.24, 2.45) is 11.1 Å². The van der Waals surface area contributed by atoms with Gasteiger partial charge in [-0.15, -0.1) is 0 Å². The molecule has 0 bridgehead atoms. The molecule has 5 heteroatoms. The zero-order valence-corrected chi connectivity index (χ0v) is 10.1. The Balaban J connectivity index is 4.69. The number of rotatable bonds is 6. The fourth-order valence-corrected chi connectivity index (χ4v) is 1.23. The van der Waals surface area contributed by atoms with Crippen LogP contribution >= 0.6 is 0 Å². The first-order chi connectivity index (χ1) is 7.35. The molecule has 0 rings (SSSR count). The van der Waals surface area contributed by atoms with E-state index in [0.717, 1.165) is 12.8 Å². The van der Waals surface area contributed by atoms with Crippen LogP contribution in [0.5, 0.6) is 0 Å². The van der Waals surface area contributed by atoms with E-state index in [4.69, 9.17) is 11.0 Å². The Morgan fingerprint density at radius 2 is 2.00 bits per heavy atom. The van der Waals surface area contributed by atoms with Crippen LogP contribution < -0.4 is 5.73 Å². The van der Waals surface area contributed by atoms with Gasteiger partial charge >= 0.3 is 0 Å². The van der Waals surface area contributed by atoms with Crippen LogP contribution in [-0.4, -0.2) is 29.8 Å². The molecule has 0 aromatic rings. The molecule has 0 heterocycles. The first-order valence-electron chi connectivity index (χ1n) is 5.34. The topological polar surface area (TPSA) is 87.2 Å². The third-order valence-electron chi connectivity index (χ3n) is 2.23. The average molecular weight is 225 g/mol. The van der Waals surface area contributed by atoms with Crippen molar-refractivity contribution < 1.29 is 9.59 Å². The Hall–Kier alpha value is -1.57. The van der Waals surface area contributed by atoms with E-state index in [1.54, 1.807) is 0 Å². The minimum atomic E-state index is -1.11. The molecule has 16 heavy (non-hydrogen) atoms. The molecule has 0 radical (unpaired) electrons. The van der Waals surface area contributed by atoms with E-state index < -0.39 is 11.3 Å².